The Morgan fingerprint density at radius 3 is 2.73 bits per heavy atom. The molecule has 0 rings (SSSR count). The smallest absolute Gasteiger partial charge is 0.237 e. The Kier molecular flexibility index (Phi) is 5.94. The van der Waals surface area contributed by atoms with Crippen molar-refractivity contribution in [2.24, 2.45) is 0 Å². The van der Waals surface area contributed by atoms with Crippen molar-refractivity contribution in [3.8, 4) is 12.3 Å². The third kappa shape index (κ3) is 6.07. The molecule has 2 unspecified atom stereocenters. The first-order chi connectivity index (χ1) is 6.93. The van der Waals surface area contributed by atoms with Crippen LogP contribution in [0.25, 0.3) is 0 Å². The maximum absolute atomic E-state index is 11.3. The minimum absolute atomic E-state index is 0.133. The van der Waals surface area contributed by atoms with Crippen molar-refractivity contribution < 1.29 is 15.0 Å². The molecule has 0 radical (unpaired) electrons. The largest absolute Gasteiger partial charge is 0.393 e. The van der Waals surface area contributed by atoms with Crippen LogP contribution in [-0.2, 0) is 4.79 Å². The molecular formula is C10H18N2O3. The summed E-state index contributed by atoms with van der Waals surface area (Å²) < 4.78 is 0. The number of hydrogen-bond acceptors (Lipinski definition) is 4. The highest BCUT2D eigenvalue weighted by Crippen LogP contribution is 1.99. The second-order valence-corrected chi connectivity index (χ2v) is 3.68. The Morgan fingerprint density at radius 1 is 1.67 bits per heavy atom. The standard InChI is InChI=1S/C10H18N2O3/c1-4-5-11-9(14)8(2)12-6-10(3,15)7-13/h1,8,12-13,15H,5-7H2,2-3H3,(H,11,14). The third-order valence-corrected chi connectivity index (χ3v) is 1.89. The Hall–Kier alpha value is -1.09. The van der Waals surface area contributed by atoms with E-state index >= 15 is 0 Å². The van der Waals surface area contributed by atoms with Crippen LogP contribution in [0.2, 0.25) is 0 Å². The molecule has 0 aromatic carbocycles. The predicted octanol–water partition coefficient (Wildman–Crippen LogP) is -1.54. The zero-order valence-electron chi connectivity index (χ0n) is 9.08. The van der Waals surface area contributed by atoms with Crippen molar-refractivity contribution >= 4 is 5.91 Å². The quantitative estimate of drug-likeness (QED) is 0.404. The van der Waals surface area contributed by atoms with Gasteiger partial charge in [0.1, 0.15) is 0 Å². The first kappa shape index (κ1) is 13.9. The van der Waals surface area contributed by atoms with Crippen molar-refractivity contribution in [3.05, 3.63) is 0 Å². The van der Waals surface area contributed by atoms with Gasteiger partial charge in [-0.25, -0.2) is 0 Å². The van der Waals surface area contributed by atoms with E-state index in [4.69, 9.17) is 11.5 Å². The van der Waals surface area contributed by atoms with Crippen LogP contribution >= 0.6 is 0 Å². The van der Waals surface area contributed by atoms with E-state index in [2.05, 4.69) is 16.6 Å². The van der Waals surface area contributed by atoms with Crippen LogP contribution in [0.1, 0.15) is 13.8 Å². The van der Waals surface area contributed by atoms with Gasteiger partial charge in [-0.05, 0) is 13.8 Å². The first-order valence-electron chi connectivity index (χ1n) is 4.71. The first-order valence-corrected chi connectivity index (χ1v) is 4.71. The zero-order chi connectivity index (χ0) is 11.9. The van der Waals surface area contributed by atoms with Crippen molar-refractivity contribution in [1.29, 1.82) is 0 Å². The molecule has 2 atom stereocenters. The molecule has 1 amide bonds. The molecule has 0 aliphatic heterocycles. The molecule has 0 saturated heterocycles. The lowest BCUT2D eigenvalue weighted by Crippen LogP contribution is -2.49. The monoisotopic (exact) mass is 214 g/mol. The van der Waals surface area contributed by atoms with Gasteiger partial charge in [-0.15, -0.1) is 6.42 Å². The number of terminal acetylenes is 1. The van der Waals surface area contributed by atoms with Gasteiger partial charge in [-0.2, -0.15) is 0 Å². The minimum Gasteiger partial charge on any atom is -0.393 e. The molecule has 0 bridgehead atoms. The van der Waals surface area contributed by atoms with E-state index in [9.17, 15) is 9.90 Å². The van der Waals surface area contributed by atoms with Crippen molar-refractivity contribution in [3.63, 3.8) is 0 Å². The fraction of sp³-hybridized carbons (Fsp3) is 0.700. The number of aliphatic hydroxyl groups excluding tert-OH is 1. The summed E-state index contributed by atoms with van der Waals surface area (Å²) in [6, 6.07) is -0.462. The maximum atomic E-state index is 11.3. The summed E-state index contributed by atoms with van der Waals surface area (Å²) in [5.74, 6) is 2.05. The van der Waals surface area contributed by atoms with E-state index in [1.54, 1.807) is 6.92 Å². The number of carbonyl (C=O) groups is 1. The average molecular weight is 214 g/mol. The van der Waals surface area contributed by atoms with E-state index in [0.717, 1.165) is 0 Å². The molecular weight excluding hydrogens is 196 g/mol. The summed E-state index contributed by atoms with van der Waals surface area (Å²) in [7, 11) is 0. The number of rotatable bonds is 6. The summed E-state index contributed by atoms with van der Waals surface area (Å²) >= 11 is 0. The number of hydrogen-bond donors (Lipinski definition) is 4. The van der Waals surface area contributed by atoms with Crippen LogP contribution in [0.15, 0.2) is 0 Å². The minimum atomic E-state index is -1.22. The summed E-state index contributed by atoms with van der Waals surface area (Å²) in [5.41, 5.74) is -1.22. The van der Waals surface area contributed by atoms with E-state index < -0.39 is 11.6 Å². The van der Waals surface area contributed by atoms with Crippen molar-refractivity contribution in [2.45, 2.75) is 25.5 Å². The van der Waals surface area contributed by atoms with E-state index in [-0.39, 0.29) is 25.6 Å². The number of aliphatic hydroxyl groups is 2. The van der Waals surface area contributed by atoms with Crippen LogP contribution in [0.3, 0.4) is 0 Å². The second kappa shape index (κ2) is 6.40. The van der Waals surface area contributed by atoms with Crippen molar-refractivity contribution in [1.82, 2.24) is 10.6 Å². The molecule has 15 heavy (non-hydrogen) atoms. The van der Waals surface area contributed by atoms with Crippen LogP contribution in [0.4, 0.5) is 0 Å². The SMILES string of the molecule is C#CCNC(=O)C(C)NCC(C)(O)CO. The summed E-state index contributed by atoms with van der Waals surface area (Å²) in [4.78, 5) is 11.3. The maximum Gasteiger partial charge on any atom is 0.237 e. The van der Waals surface area contributed by atoms with Crippen LogP contribution in [0, 0.1) is 12.3 Å². The fourth-order valence-electron chi connectivity index (χ4n) is 0.813. The van der Waals surface area contributed by atoms with Gasteiger partial charge in [-0.1, -0.05) is 5.92 Å². The third-order valence-electron chi connectivity index (χ3n) is 1.89. The van der Waals surface area contributed by atoms with Gasteiger partial charge in [0.2, 0.25) is 5.91 Å². The molecule has 0 aromatic heterocycles. The van der Waals surface area contributed by atoms with Gasteiger partial charge in [0, 0.05) is 6.54 Å². The lowest BCUT2D eigenvalue weighted by molar-refractivity contribution is -0.122. The van der Waals surface area contributed by atoms with Gasteiger partial charge in [-0.3, -0.25) is 4.79 Å². The van der Waals surface area contributed by atoms with Crippen molar-refractivity contribution in [2.75, 3.05) is 19.7 Å². The molecule has 5 nitrogen and oxygen atoms in total. The fourth-order valence-corrected chi connectivity index (χ4v) is 0.813. The Labute approximate surface area is 89.9 Å². The average Bonchev–Trinajstić information content (AvgIpc) is 2.22. The molecule has 5 heteroatoms. The van der Waals surface area contributed by atoms with E-state index in [1.807, 2.05) is 0 Å². The number of amides is 1. The molecule has 0 heterocycles. The molecule has 86 valence electrons. The highest BCUT2D eigenvalue weighted by molar-refractivity contribution is 5.81. The predicted molar refractivity (Wildman–Crippen MR) is 57.0 cm³/mol. The summed E-state index contributed by atoms with van der Waals surface area (Å²) in [6.07, 6.45) is 4.98. The summed E-state index contributed by atoms with van der Waals surface area (Å²) in [6.45, 7) is 3.08. The normalized spacial score (nSPS) is 16.2. The molecule has 0 aliphatic carbocycles. The lowest BCUT2D eigenvalue weighted by atomic mass is 10.1. The molecule has 0 spiro atoms. The molecule has 0 aromatic rings. The Balaban J connectivity index is 3.88. The van der Waals surface area contributed by atoms with Crippen LogP contribution in [-0.4, -0.2) is 47.5 Å². The van der Waals surface area contributed by atoms with Crippen LogP contribution < -0.4 is 10.6 Å². The highest BCUT2D eigenvalue weighted by atomic mass is 16.3. The van der Waals surface area contributed by atoms with Gasteiger partial charge in [0.05, 0.1) is 24.8 Å². The van der Waals surface area contributed by atoms with Gasteiger partial charge in [0.25, 0.3) is 0 Å². The van der Waals surface area contributed by atoms with Crippen LogP contribution in [0.5, 0.6) is 0 Å². The Morgan fingerprint density at radius 2 is 2.27 bits per heavy atom. The topological polar surface area (TPSA) is 81.6 Å². The molecule has 0 fully saturated rings. The van der Waals surface area contributed by atoms with Gasteiger partial charge in [0.15, 0.2) is 0 Å². The molecule has 4 N–H and O–H groups in total. The van der Waals surface area contributed by atoms with E-state index in [1.165, 1.54) is 6.92 Å². The molecule has 0 aliphatic rings. The van der Waals surface area contributed by atoms with Gasteiger partial charge < -0.3 is 20.8 Å². The highest BCUT2D eigenvalue weighted by Gasteiger charge is 2.21. The lowest BCUT2D eigenvalue weighted by Gasteiger charge is -2.23. The van der Waals surface area contributed by atoms with E-state index in [0.29, 0.717) is 0 Å². The Bertz CT molecular complexity index is 246. The second-order valence-electron chi connectivity index (χ2n) is 3.68. The zero-order valence-corrected chi connectivity index (χ0v) is 9.08. The number of nitrogens with one attached hydrogen (secondary N) is 2. The molecule has 0 saturated carbocycles. The van der Waals surface area contributed by atoms with Gasteiger partial charge >= 0.3 is 0 Å². The number of carbonyl (C=O) groups excluding carboxylic acids is 1. The summed E-state index contributed by atoms with van der Waals surface area (Å²) in [5, 5.41) is 23.5.